The molecule has 1 N–H and O–H groups in total. The summed E-state index contributed by atoms with van der Waals surface area (Å²) in [7, 11) is 0. The Balaban J connectivity index is 2.79. The Morgan fingerprint density at radius 1 is 0.684 bits per heavy atom. The summed E-state index contributed by atoms with van der Waals surface area (Å²) in [5, 5.41) is 10.4. The number of phenolic OH excluding ortho intramolecular Hbond substituents is 1. The second-order valence-corrected chi connectivity index (χ2v) is 5.93. The molecule has 0 fully saturated rings. The summed E-state index contributed by atoms with van der Waals surface area (Å²) in [4.78, 5) is 0. The van der Waals surface area contributed by atoms with E-state index in [-0.39, 0.29) is 25.8 Å². The van der Waals surface area contributed by atoms with Crippen molar-refractivity contribution in [2.45, 2.75) is 0 Å². The maximum atomic E-state index is 9.66. The molecular formula is C12H4Cl6O. The van der Waals surface area contributed by atoms with Gasteiger partial charge in [0.25, 0.3) is 0 Å². The van der Waals surface area contributed by atoms with Crippen molar-refractivity contribution >= 4 is 69.6 Å². The number of aromatic hydroxyl groups is 1. The third kappa shape index (κ3) is 2.73. The fourth-order valence-electron chi connectivity index (χ4n) is 1.53. The van der Waals surface area contributed by atoms with Gasteiger partial charge in [-0.1, -0.05) is 75.7 Å². The Labute approximate surface area is 139 Å². The van der Waals surface area contributed by atoms with Gasteiger partial charge in [0.1, 0.15) is 10.0 Å². The molecular weight excluding hydrogens is 373 g/mol. The molecule has 0 heterocycles. The Bertz CT molecular complexity index is 639. The van der Waals surface area contributed by atoms with Crippen molar-refractivity contribution < 1.29 is 5.11 Å². The maximum Gasteiger partial charge on any atom is 0.155 e. The molecule has 0 saturated carbocycles. The van der Waals surface area contributed by atoms with E-state index in [1.807, 2.05) is 0 Å². The zero-order valence-electron chi connectivity index (χ0n) is 8.95. The van der Waals surface area contributed by atoms with Crippen molar-refractivity contribution in [2.24, 2.45) is 0 Å². The average Bonchev–Trinajstić information content (AvgIpc) is 2.38. The molecule has 0 radical (unpaired) electrons. The minimum atomic E-state index is -0.359. The second-order valence-electron chi connectivity index (χ2n) is 3.61. The molecule has 0 bridgehead atoms. The highest BCUT2D eigenvalue weighted by atomic mass is 35.5. The van der Waals surface area contributed by atoms with Crippen LogP contribution in [0.4, 0.5) is 0 Å². The highest BCUT2D eigenvalue weighted by Gasteiger charge is 2.21. The minimum absolute atomic E-state index is 0.0721. The van der Waals surface area contributed by atoms with Crippen LogP contribution in [0.25, 0.3) is 11.1 Å². The van der Waals surface area contributed by atoms with Gasteiger partial charge in [0, 0.05) is 5.56 Å². The summed E-state index contributed by atoms with van der Waals surface area (Å²) < 4.78 is 0. The smallest absolute Gasteiger partial charge is 0.155 e. The molecule has 0 aromatic heterocycles. The minimum Gasteiger partial charge on any atom is -0.505 e. The summed E-state index contributed by atoms with van der Waals surface area (Å²) in [6.45, 7) is 0. The monoisotopic (exact) mass is 374 g/mol. The molecule has 0 atom stereocenters. The number of phenols is 1. The number of halogens is 6. The van der Waals surface area contributed by atoms with Crippen LogP contribution in [0.1, 0.15) is 0 Å². The summed E-state index contributed by atoms with van der Waals surface area (Å²) in [5.74, 6) is -0.359. The topological polar surface area (TPSA) is 20.2 Å². The van der Waals surface area contributed by atoms with Crippen LogP contribution in [0.2, 0.25) is 30.1 Å². The molecule has 7 heteroatoms. The lowest BCUT2D eigenvalue weighted by atomic mass is 10.1. The Morgan fingerprint density at radius 2 is 1.21 bits per heavy atom. The first-order valence-electron chi connectivity index (χ1n) is 4.85. The number of rotatable bonds is 1. The number of benzene rings is 2. The molecule has 0 aliphatic heterocycles. The molecule has 0 spiro atoms. The molecule has 2 rings (SSSR count). The Morgan fingerprint density at radius 3 is 1.68 bits per heavy atom. The van der Waals surface area contributed by atoms with Crippen LogP contribution >= 0.6 is 69.6 Å². The van der Waals surface area contributed by atoms with Crippen molar-refractivity contribution in [2.75, 3.05) is 0 Å². The van der Waals surface area contributed by atoms with Crippen molar-refractivity contribution in [1.82, 2.24) is 0 Å². The molecule has 19 heavy (non-hydrogen) atoms. The predicted molar refractivity (Wildman–Crippen MR) is 83.6 cm³/mol. The molecule has 0 saturated heterocycles. The van der Waals surface area contributed by atoms with Gasteiger partial charge < -0.3 is 5.11 Å². The molecule has 2 aromatic carbocycles. The highest BCUT2D eigenvalue weighted by molar-refractivity contribution is 6.51. The van der Waals surface area contributed by atoms with Crippen molar-refractivity contribution in [3.63, 3.8) is 0 Å². The number of hydrogen-bond acceptors (Lipinski definition) is 1. The molecule has 1 nitrogen and oxygen atoms in total. The van der Waals surface area contributed by atoms with Gasteiger partial charge in [-0.2, -0.15) is 0 Å². The van der Waals surface area contributed by atoms with E-state index in [4.69, 9.17) is 69.6 Å². The van der Waals surface area contributed by atoms with Crippen LogP contribution in [0.3, 0.4) is 0 Å². The summed E-state index contributed by atoms with van der Waals surface area (Å²) >= 11 is 35.8. The van der Waals surface area contributed by atoms with E-state index >= 15 is 0 Å². The Hall–Kier alpha value is -0.0200. The van der Waals surface area contributed by atoms with Gasteiger partial charge >= 0.3 is 0 Å². The predicted octanol–water partition coefficient (Wildman–Crippen LogP) is 6.98. The van der Waals surface area contributed by atoms with Gasteiger partial charge in [0.05, 0.1) is 20.1 Å². The van der Waals surface area contributed by atoms with E-state index in [1.165, 1.54) is 0 Å². The average molecular weight is 377 g/mol. The maximum absolute atomic E-state index is 9.66. The van der Waals surface area contributed by atoms with Crippen LogP contribution in [0, 0.1) is 0 Å². The first kappa shape index (κ1) is 15.4. The standard InChI is InChI=1S/C12H4Cl6O/c13-5-2-1-4(3-6(5)14)7-8(15)10(17)12(19)11(18)9(7)16/h1-3,19H. The lowest BCUT2D eigenvalue weighted by molar-refractivity contribution is 0.476. The van der Waals surface area contributed by atoms with Crippen molar-refractivity contribution in [3.05, 3.63) is 48.3 Å². The van der Waals surface area contributed by atoms with Crippen LogP contribution in [-0.4, -0.2) is 5.11 Å². The van der Waals surface area contributed by atoms with Gasteiger partial charge in [-0.25, -0.2) is 0 Å². The molecule has 100 valence electrons. The second kappa shape index (κ2) is 5.77. The van der Waals surface area contributed by atoms with Crippen LogP contribution < -0.4 is 0 Å². The molecule has 0 unspecified atom stereocenters. The molecule has 0 aliphatic carbocycles. The van der Waals surface area contributed by atoms with Gasteiger partial charge in [0.2, 0.25) is 0 Å². The zero-order valence-corrected chi connectivity index (χ0v) is 13.5. The third-order valence-corrected chi connectivity index (χ3v) is 4.87. The van der Waals surface area contributed by atoms with Gasteiger partial charge in [-0.15, -0.1) is 0 Å². The van der Waals surface area contributed by atoms with E-state index in [1.54, 1.807) is 18.2 Å². The van der Waals surface area contributed by atoms with E-state index in [0.717, 1.165) is 0 Å². The summed E-state index contributed by atoms with van der Waals surface area (Å²) in [5.41, 5.74) is 0.975. The van der Waals surface area contributed by atoms with Gasteiger partial charge in [0.15, 0.2) is 5.75 Å². The normalized spacial score (nSPS) is 10.8. The third-order valence-electron chi connectivity index (χ3n) is 2.45. The first-order chi connectivity index (χ1) is 8.84. The molecule has 0 amide bonds. The van der Waals surface area contributed by atoms with E-state index in [0.29, 0.717) is 21.2 Å². The summed E-state index contributed by atoms with van der Waals surface area (Å²) in [6, 6.07) is 4.85. The van der Waals surface area contributed by atoms with Crippen LogP contribution in [-0.2, 0) is 0 Å². The molecule has 0 aliphatic rings. The zero-order chi connectivity index (χ0) is 14.3. The quantitative estimate of drug-likeness (QED) is 0.532. The fourth-order valence-corrected chi connectivity index (χ4v) is 2.88. The SMILES string of the molecule is Oc1c(Cl)c(Cl)c(-c2ccc(Cl)c(Cl)c2)c(Cl)c1Cl. The lowest BCUT2D eigenvalue weighted by Crippen LogP contribution is -1.86. The van der Waals surface area contributed by atoms with E-state index in [9.17, 15) is 5.11 Å². The Kier molecular flexibility index (Phi) is 4.67. The largest absolute Gasteiger partial charge is 0.505 e. The van der Waals surface area contributed by atoms with Crippen molar-refractivity contribution in [3.8, 4) is 16.9 Å². The summed E-state index contributed by atoms with van der Waals surface area (Å²) in [6.07, 6.45) is 0. The van der Waals surface area contributed by atoms with E-state index in [2.05, 4.69) is 0 Å². The van der Waals surface area contributed by atoms with Crippen LogP contribution in [0.5, 0.6) is 5.75 Å². The highest BCUT2D eigenvalue weighted by Crippen LogP contribution is 2.49. The number of hydrogen-bond donors (Lipinski definition) is 1. The fraction of sp³-hybridized carbons (Fsp3) is 0. The van der Waals surface area contributed by atoms with Gasteiger partial charge in [-0.05, 0) is 17.7 Å². The van der Waals surface area contributed by atoms with Gasteiger partial charge in [-0.3, -0.25) is 0 Å². The van der Waals surface area contributed by atoms with Crippen LogP contribution in [0.15, 0.2) is 18.2 Å². The molecule has 2 aromatic rings. The first-order valence-corrected chi connectivity index (χ1v) is 7.11. The van der Waals surface area contributed by atoms with Crippen molar-refractivity contribution in [1.29, 1.82) is 0 Å². The van der Waals surface area contributed by atoms with E-state index < -0.39 is 0 Å². The lowest BCUT2D eigenvalue weighted by Gasteiger charge is -2.13.